The summed E-state index contributed by atoms with van der Waals surface area (Å²) in [6.07, 6.45) is 0.0606. The quantitative estimate of drug-likeness (QED) is 0.533. The van der Waals surface area contributed by atoms with Crippen LogP contribution in [0.15, 0.2) is 78.9 Å². The number of rotatable bonds is 9. The third kappa shape index (κ3) is 6.57. The predicted octanol–water partition coefficient (Wildman–Crippen LogP) is 5.10. The third-order valence-electron chi connectivity index (χ3n) is 4.06. The molecular weight excluding hydrogens is 364 g/mol. The maximum absolute atomic E-state index is 12.4. The average molecular weight is 390 g/mol. The Morgan fingerprint density at radius 1 is 0.931 bits per heavy atom. The van der Waals surface area contributed by atoms with Gasteiger partial charge in [-0.3, -0.25) is 4.79 Å². The molecule has 0 atom stereocenters. The number of carbonyl (C=O) groups is 1. The molecule has 1 amide bonds. The van der Waals surface area contributed by atoms with E-state index in [0.29, 0.717) is 18.0 Å². The van der Waals surface area contributed by atoms with Crippen LogP contribution < -0.4 is 20.1 Å². The smallest absolute Gasteiger partial charge is 0.243 e. The van der Waals surface area contributed by atoms with Crippen LogP contribution in [0.1, 0.15) is 19.4 Å². The van der Waals surface area contributed by atoms with Gasteiger partial charge < -0.3 is 20.1 Å². The molecule has 0 aliphatic carbocycles. The lowest BCUT2D eigenvalue weighted by atomic mass is 10.2. The maximum atomic E-state index is 12.4. The molecule has 0 saturated heterocycles. The molecule has 3 rings (SSSR count). The first-order chi connectivity index (χ1) is 14.1. The molecule has 29 heavy (non-hydrogen) atoms. The summed E-state index contributed by atoms with van der Waals surface area (Å²) in [5, 5.41) is 6.02. The van der Waals surface area contributed by atoms with Crippen molar-refractivity contribution < 1.29 is 14.3 Å². The molecule has 150 valence electrons. The van der Waals surface area contributed by atoms with E-state index < -0.39 is 0 Å². The highest BCUT2D eigenvalue weighted by molar-refractivity contribution is 5.94. The summed E-state index contributed by atoms with van der Waals surface area (Å²) in [7, 11) is 0. The number of hydrogen-bond donors (Lipinski definition) is 2. The van der Waals surface area contributed by atoms with Gasteiger partial charge in [-0.2, -0.15) is 0 Å². The predicted molar refractivity (Wildman–Crippen MR) is 117 cm³/mol. The number of amides is 1. The van der Waals surface area contributed by atoms with Gasteiger partial charge in [0.25, 0.3) is 0 Å². The molecule has 3 aromatic rings. The molecule has 3 aromatic carbocycles. The summed E-state index contributed by atoms with van der Waals surface area (Å²) < 4.78 is 11.6. The van der Waals surface area contributed by atoms with Gasteiger partial charge in [-0.05, 0) is 43.7 Å². The first-order valence-electron chi connectivity index (χ1n) is 9.66. The van der Waals surface area contributed by atoms with E-state index in [1.165, 1.54) is 0 Å². The number of carbonyl (C=O) groups excluding carboxylic acids is 1. The summed E-state index contributed by atoms with van der Waals surface area (Å²) in [6.45, 7) is 4.55. The molecule has 2 N–H and O–H groups in total. The van der Waals surface area contributed by atoms with Gasteiger partial charge in [0, 0.05) is 11.8 Å². The lowest BCUT2D eigenvalue weighted by Crippen LogP contribution is -2.22. The second-order valence-electron chi connectivity index (χ2n) is 6.87. The Bertz CT molecular complexity index is 926. The van der Waals surface area contributed by atoms with Crippen LogP contribution in [0.25, 0.3) is 0 Å². The number of hydrogen-bond acceptors (Lipinski definition) is 4. The summed E-state index contributed by atoms with van der Waals surface area (Å²) in [4.78, 5) is 12.4. The Morgan fingerprint density at radius 2 is 1.69 bits per heavy atom. The van der Waals surface area contributed by atoms with Crippen LogP contribution in [-0.2, 0) is 11.4 Å². The van der Waals surface area contributed by atoms with E-state index in [9.17, 15) is 4.79 Å². The minimum Gasteiger partial charge on any atom is -0.489 e. The first kappa shape index (κ1) is 20.3. The molecule has 0 radical (unpaired) electrons. The second kappa shape index (κ2) is 10.2. The fourth-order valence-electron chi connectivity index (χ4n) is 2.75. The van der Waals surface area contributed by atoms with Gasteiger partial charge >= 0.3 is 0 Å². The normalized spacial score (nSPS) is 10.4. The molecule has 0 aromatic heterocycles. The molecule has 0 bridgehead atoms. The van der Waals surface area contributed by atoms with Crippen LogP contribution in [0.4, 0.5) is 11.4 Å². The van der Waals surface area contributed by atoms with Crippen molar-refractivity contribution in [2.75, 3.05) is 17.2 Å². The Hall–Kier alpha value is -3.47. The Labute approximate surface area is 171 Å². The number of benzene rings is 3. The van der Waals surface area contributed by atoms with Crippen molar-refractivity contribution in [1.82, 2.24) is 0 Å². The first-order valence-corrected chi connectivity index (χ1v) is 9.66. The molecule has 5 heteroatoms. The fourth-order valence-corrected chi connectivity index (χ4v) is 2.75. The van der Waals surface area contributed by atoms with Crippen LogP contribution in [0.5, 0.6) is 11.5 Å². The van der Waals surface area contributed by atoms with E-state index in [-0.39, 0.29) is 18.6 Å². The number of para-hydroxylation sites is 2. The average Bonchev–Trinajstić information content (AvgIpc) is 2.72. The van der Waals surface area contributed by atoms with Crippen molar-refractivity contribution >= 4 is 17.3 Å². The van der Waals surface area contributed by atoms with Crippen LogP contribution >= 0.6 is 0 Å². The zero-order valence-corrected chi connectivity index (χ0v) is 16.7. The van der Waals surface area contributed by atoms with Crippen molar-refractivity contribution in [3.8, 4) is 11.5 Å². The van der Waals surface area contributed by atoms with E-state index in [1.807, 2.05) is 92.7 Å². The SMILES string of the molecule is CC(C)Oc1ccccc1NCC(=O)Nc1cccc(OCc2ccccc2)c1. The highest BCUT2D eigenvalue weighted by Gasteiger charge is 2.08. The fraction of sp³-hybridized carbons (Fsp3) is 0.208. The van der Waals surface area contributed by atoms with E-state index in [0.717, 1.165) is 17.0 Å². The van der Waals surface area contributed by atoms with Crippen LogP contribution in [0.2, 0.25) is 0 Å². The van der Waals surface area contributed by atoms with Gasteiger partial charge in [-0.15, -0.1) is 0 Å². The number of anilines is 2. The van der Waals surface area contributed by atoms with Gasteiger partial charge in [0.05, 0.1) is 18.3 Å². The monoisotopic (exact) mass is 390 g/mol. The molecule has 0 heterocycles. The number of ether oxygens (including phenoxy) is 2. The van der Waals surface area contributed by atoms with Gasteiger partial charge in [0.2, 0.25) is 5.91 Å². The second-order valence-corrected chi connectivity index (χ2v) is 6.87. The van der Waals surface area contributed by atoms with Crippen molar-refractivity contribution in [2.45, 2.75) is 26.6 Å². The van der Waals surface area contributed by atoms with Gasteiger partial charge in [0.1, 0.15) is 18.1 Å². The van der Waals surface area contributed by atoms with E-state index in [4.69, 9.17) is 9.47 Å². The molecule has 0 saturated carbocycles. The Kier molecular flexibility index (Phi) is 7.11. The summed E-state index contributed by atoms with van der Waals surface area (Å²) in [6, 6.07) is 24.9. The van der Waals surface area contributed by atoms with Crippen LogP contribution in [0, 0.1) is 0 Å². The maximum Gasteiger partial charge on any atom is 0.243 e. The number of nitrogens with one attached hydrogen (secondary N) is 2. The zero-order chi connectivity index (χ0) is 20.5. The molecule has 0 spiro atoms. The van der Waals surface area contributed by atoms with Crippen molar-refractivity contribution in [1.29, 1.82) is 0 Å². The van der Waals surface area contributed by atoms with E-state index in [2.05, 4.69) is 10.6 Å². The summed E-state index contributed by atoms with van der Waals surface area (Å²) in [5.74, 6) is 1.28. The minimum atomic E-state index is -0.149. The van der Waals surface area contributed by atoms with Gasteiger partial charge in [-0.25, -0.2) is 0 Å². The zero-order valence-electron chi connectivity index (χ0n) is 16.7. The highest BCUT2D eigenvalue weighted by Crippen LogP contribution is 2.24. The Balaban J connectivity index is 1.53. The van der Waals surface area contributed by atoms with Gasteiger partial charge in [0.15, 0.2) is 0 Å². The molecule has 0 fully saturated rings. The molecule has 0 unspecified atom stereocenters. The van der Waals surface area contributed by atoms with Crippen LogP contribution in [0.3, 0.4) is 0 Å². The van der Waals surface area contributed by atoms with E-state index >= 15 is 0 Å². The highest BCUT2D eigenvalue weighted by atomic mass is 16.5. The minimum absolute atomic E-state index is 0.0606. The van der Waals surface area contributed by atoms with Gasteiger partial charge in [-0.1, -0.05) is 48.5 Å². The van der Waals surface area contributed by atoms with Crippen molar-refractivity contribution in [2.24, 2.45) is 0 Å². The molecular formula is C24H26N2O3. The lowest BCUT2D eigenvalue weighted by molar-refractivity contribution is -0.114. The largest absolute Gasteiger partial charge is 0.489 e. The molecule has 0 aliphatic rings. The van der Waals surface area contributed by atoms with E-state index in [1.54, 1.807) is 0 Å². The standard InChI is InChI=1S/C24H26N2O3/c1-18(2)29-23-14-7-6-13-22(23)25-16-24(27)26-20-11-8-12-21(15-20)28-17-19-9-4-3-5-10-19/h3-15,18,25H,16-17H2,1-2H3,(H,26,27). The van der Waals surface area contributed by atoms with Crippen molar-refractivity contribution in [3.63, 3.8) is 0 Å². The van der Waals surface area contributed by atoms with Crippen molar-refractivity contribution in [3.05, 3.63) is 84.4 Å². The molecule has 5 nitrogen and oxygen atoms in total. The topological polar surface area (TPSA) is 59.6 Å². The summed E-state index contributed by atoms with van der Waals surface area (Å²) in [5.41, 5.74) is 2.57. The third-order valence-corrected chi connectivity index (χ3v) is 4.06. The van der Waals surface area contributed by atoms with Crippen LogP contribution in [-0.4, -0.2) is 18.6 Å². The Morgan fingerprint density at radius 3 is 2.48 bits per heavy atom. The summed E-state index contributed by atoms with van der Waals surface area (Å²) >= 11 is 0. The molecule has 0 aliphatic heterocycles. The lowest BCUT2D eigenvalue weighted by Gasteiger charge is -2.15.